The van der Waals surface area contributed by atoms with Crippen molar-refractivity contribution in [2.24, 2.45) is 0 Å². The highest BCUT2D eigenvalue weighted by atomic mass is 31.2. The van der Waals surface area contributed by atoms with E-state index in [1.165, 1.54) is 198 Å². The second-order valence-electron chi connectivity index (χ2n) is 23.7. The summed E-state index contributed by atoms with van der Waals surface area (Å²) in [6.07, 6.45) is 23.1. The van der Waals surface area contributed by atoms with E-state index in [2.05, 4.69) is 140 Å². The molecule has 0 aromatic heterocycles. The minimum Gasteiger partial charge on any atom is -0.242 e. The van der Waals surface area contributed by atoms with E-state index in [0.717, 1.165) is 31.0 Å². The molecule has 1 fully saturated rings. The summed E-state index contributed by atoms with van der Waals surface area (Å²) >= 11 is 0. The predicted octanol–water partition coefficient (Wildman–Crippen LogP) is 19.9. The van der Waals surface area contributed by atoms with Gasteiger partial charge in [-0.05, 0) is 34.8 Å². The average molecular weight is 1130 g/mol. The van der Waals surface area contributed by atoms with E-state index < -0.39 is 52.1 Å². The lowest BCUT2D eigenvalue weighted by Gasteiger charge is -2.46. The largest absolute Gasteiger partial charge is 0.417 e. The lowest BCUT2D eigenvalue weighted by Crippen LogP contribution is -2.50. The molecule has 1 unspecified atom stereocenters. The maximum atomic E-state index is 16.2. The molecule has 76 heavy (non-hydrogen) atoms. The van der Waals surface area contributed by atoms with Gasteiger partial charge in [-0.1, -0.05) is 358 Å². The Balaban J connectivity index is 2.00. The Labute approximate surface area is 471 Å². The first kappa shape index (κ1) is 65.0. The summed E-state index contributed by atoms with van der Waals surface area (Å²) in [7, 11) is -8.91. The van der Waals surface area contributed by atoms with E-state index >= 15 is 13.2 Å². The van der Waals surface area contributed by atoms with Gasteiger partial charge < -0.3 is 0 Å². The summed E-state index contributed by atoms with van der Waals surface area (Å²) in [4.78, 5) is 0. The smallest absolute Gasteiger partial charge is 0.242 e. The van der Waals surface area contributed by atoms with Crippen molar-refractivity contribution in [3.8, 4) is 0 Å². The second kappa shape index (κ2) is 33.8. The van der Waals surface area contributed by atoms with Crippen LogP contribution in [0.1, 0.15) is 216 Å². The van der Waals surface area contributed by atoms with Gasteiger partial charge in [-0.15, -0.1) is 0 Å². The fraction of sp³-hybridized carbons (Fsp3) is 0.642. The third-order valence-corrected chi connectivity index (χ3v) is 40.0. The van der Waals surface area contributed by atoms with Gasteiger partial charge >= 0.3 is 6.18 Å². The Morgan fingerprint density at radius 2 is 0.697 bits per heavy atom. The minimum atomic E-state index is -4.48. The van der Waals surface area contributed by atoms with Crippen molar-refractivity contribution in [3.05, 3.63) is 103 Å². The summed E-state index contributed by atoms with van der Waals surface area (Å²) < 4.78 is 51.4. The normalized spacial score (nSPS) is 14.6. The number of unbranched alkanes of at least 4 members (excludes halogenated alkanes) is 9. The van der Waals surface area contributed by atoms with Crippen LogP contribution in [-0.2, 0) is 6.18 Å². The number of alkyl halides is 3. The van der Waals surface area contributed by atoms with Crippen LogP contribution in [0.2, 0.25) is 54.4 Å². The van der Waals surface area contributed by atoms with Crippen molar-refractivity contribution in [2.75, 3.05) is 0 Å². The minimum absolute atomic E-state index is 0.162. The summed E-state index contributed by atoms with van der Waals surface area (Å²) in [6, 6.07) is 48.7. The Bertz CT molecular complexity index is 2090. The Kier molecular flexibility index (Phi) is 28.9. The van der Waals surface area contributed by atoms with Crippen molar-refractivity contribution in [3.63, 3.8) is 0 Å². The molecule has 0 spiro atoms. The zero-order valence-electron chi connectivity index (χ0n) is 49.9. The van der Waals surface area contributed by atoms with Crippen LogP contribution in [0.3, 0.4) is 0 Å². The van der Waals surface area contributed by atoms with Crippen LogP contribution in [0.15, 0.2) is 97.1 Å². The first-order chi connectivity index (χ1) is 36.9. The molecule has 0 N–H and O–H groups in total. The van der Waals surface area contributed by atoms with Gasteiger partial charge in [-0.25, -0.2) is 4.44 Å². The molecule has 0 aliphatic heterocycles. The molecule has 1 saturated carbocycles. The first-order valence-corrected chi connectivity index (χ1v) is 42.2. The van der Waals surface area contributed by atoms with Gasteiger partial charge in [-0.2, -0.15) is 13.2 Å². The van der Waals surface area contributed by atoms with E-state index in [9.17, 15) is 0 Å². The second-order valence-corrected chi connectivity index (χ2v) is 42.0. The van der Waals surface area contributed by atoms with Gasteiger partial charge in [0.05, 0.1) is 29.8 Å². The molecule has 424 valence electrons. The molecule has 9 heteroatoms. The Morgan fingerprint density at radius 3 is 1.00 bits per heavy atom. The first-order valence-electron chi connectivity index (χ1n) is 31.8. The number of benzene rings is 4. The topological polar surface area (TPSA) is 3.24 Å². The SMILES string of the molecule is CCCC[Si](CCCC)(CCCC)c1cccc(P(c2cccc([Si](CCCC)(CCCC)CCCC)c2)N(C2CCCCC2)P(c2cccc([Si](CCCC)(CCCC)CCCC)c2)c2ccccc2C(F)(F)F)c1. The van der Waals surface area contributed by atoms with Crippen molar-refractivity contribution in [1.29, 1.82) is 0 Å². The fourth-order valence-electron chi connectivity index (χ4n) is 13.3. The maximum Gasteiger partial charge on any atom is 0.417 e. The summed E-state index contributed by atoms with van der Waals surface area (Å²) in [5.41, 5.74) is -0.438. The molecule has 1 aliphatic rings. The van der Waals surface area contributed by atoms with Crippen LogP contribution in [0.25, 0.3) is 0 Å². The molecule has 4 aromatic carbocycles. The third-order valence-electron chi connectivity index (χ3n) is 17.9. The van der Waals surface area contributed by atoms with E-state index in [4.69, 9.17) is 0 Å². The number of rotatable bonds is 37. The average Bonchev–Trinajstić information content (AvgIpc) is 3.49. The van der Waals surface area contributed by atoms with Gasteiger partial charge in [0.15, 0.2) is 0 Å². The standard InChI is InChI=1S/C67H108F3NP2Si3/c1-10-19-46-74(47-20-11-2,48-21-12-3)62-41-33-38-59(55-62)72(60-39-34-42-63(56-60)75(49-22-13-4,50-23-14-5)51-24-15-6)71(58-36-29-28-30-37-58)73(66-45-32-31-44-65(66)67(68,69)70)61-40-35-43-64(57-61)76(52-25-16-7,53-26-17-8)54-27-18-9/h31-35,38-45,55-58H,10-30,36-37,46-54H2,1-9H3. The van der Waals surface area contributed by atoms with Crippen LogP contribution < -0.4 is 36.8 Å². The zero-order chi connectivity index (χ0) is 54.9. The molecular weight excluding hydrogens is 1020 g/mol. The highest BCUT2D eigenvalue weighted by molar-refractivity contribution is 7.84. The van der Waals surface area contributed by atoms with Crippen LogP contribution in [-0.4, -0.2) is 34.7 Å². The lowest BCUT2D eigenvalue weighted by molar-refractivity contribution is -0.136. The molecule has 5 rings (SSSR count). The van der Waals surface area contributed by atoms with Gasteiger partial charge in [-0.3, -0.25) is 0 Å². The summed E-state index contributed by atoms with van der Waals surface area (Å²) in [5.74, 6) is 0. The molecule has 0 heterocycles. The van der Waals surface area contributed by atoms with Crippen molar-refractivity contribution < 1.29 is 13.2 Å². The van der Waals surface area contributed by atoms with E-state index in [-0.39, 0.29) is 6.04 Å². The van der Waals surface area contributed by atoms with Gasteiger partial charge in [0.2, 0.25) is 0 Å². The number of halogens is 3. The van der Waals surface area contributed by atoms with E-state index in [1.807, 2.05) is 12.1 Å². The number of nitrogens with zero attached hydrogens (tertiary/aromatic N) is 1. The molecule has 0 amide bonds. The lowest BCUT2D eigenvalue weighted by atomic mass is 9.96. The van der Waals surface area contributed by atoms with Gasteiger partial charge in [0.25, 0.3) is 0 Å². The molecule has 1 nitrogen and oxygen atoms in total. The third kappa shape index (κ3) is 17.6. The van der Waals surface area contributed by atoms with Crippen LogP contribution in [0.5, 0.6) is 0 Å². The summed E-state index contributed by atoms with van der Waals surface area (Å²) in [6.45, 7) is 21.2. The molecular formula is C67H108F3NP2Si3. The van der Waals surface area contributed by atoms with Crippen LogP contribution in [0.4, 0.5) is 13.2 Å². The van der Waals surface area contributed by atoms with Gasteiger partial charge in [0.1, 0.15) is 0 Å². The zero-order valence-corrected chi connectivity index (χ0v) is 54.7. The monoisotopic (exact) mass is 1130 g/mol. The highest BCUT2D eigenvalue weighted by Crippen LogP contribution is 2.59. The number of hydrogen-bond acceptors (Lipinski definition) is 1. The summed E-state index contributed by atoms with van der Waals surface area (Å²) in [5, 5.41) is 9.15. The molecule has 1 atom stereocenters. The molecule has 0 bridgehead atoms. The van der Waals surface area contributed by atoms with Crippen molar-refractivity contribution >= 4 is 77.1 Å². The molecule has 4 aromatic rings. The predicted molar refractivity (Wildman–Crippen MR) is 345 cm³/mol. The molecule has 0 saturated heterocycles. The van der Waals surface area contributed by atoms with Crippen LogP contribution in [0, 0.1) is 0 Å². The fourth-order valence-corrected chi connectivity index (χ4v) is 37.2. The Hall–Kier alpha value is -1.86. The highest BCUT2D eigenvalue weighted by Gasteiger charge is 2.45. The van der Waals surface area contributed by atoms with E-state index in [1.54, 1.807) is 16.4 Å². The Morgan fingerprint density at radius 1 is 0.395 bits per heavy atom. The number of hydrogen-bond donors (Lipinski definition) is 0. The van der Waals surface area contributed by atoms with E-state index in [0.29, 0.717) is 5.30 Å². The molecule has 0 radical (unpaired) electrons. The quantitative estimate of drug-likeness (QED) is 0.0321. The van der Waals surface area contributed by atoms with Crippen molar-refractivity contribution in [2.45, 2.75) is 277 Å². The van der Waals surface area contributed by atoms with Crippen LogP contribution >= 0.6 is 16.1 Å². The van der Waals surface area contributed by atoms with Crippen molar-refractivity contribution in [1.82, 2.24) is 4.44 Å². The maximum absolute atomic E-state index is 16.2. The van der Waals surface area contributed by atoms with Gasteiger partial charge in [0, 0.05) is 27.5 Å². The molecule has 1 aliphatic carbocycles.